The maximum absolute atomic E-state index is 12.9. The lowest BCUT2D eigenvalue weighted by atomic mass is 9.94. The van der Waals surface area contributed by atoms with Crippen molar-refractivity contribution in [3.63, 3.8) is 0 Å². The van der Waals surface area contributed by atoms with E-state index in [1.54, 1.807) is 17.0 Å². The number of hydrogen-bond acceptors (Lipinski definition) is 6. The Morgan fingerprint density at radius 1 is 1.13 bits per heavy atom. The molecule has 2 amide bonds. The number of amides is 2. The van der Waals surface area contributed by atoms with E-state index in [1.165, 1.54) is 24.0 Å². The van der Waals surface area contributed by atoms with Crippen molar-refractivity contribution in [1.82, 2.24) is 15.1 Å². The van der Waals surface area contributed by atoms with Gasteiger partial charge in [0.25, 0.3) is 5.91 Å². The molecule has 0 spiro atoms. The number of benzene rings is 1. The van der Waals surface area contributed by atoms with E-state index in [4.69, 9.17) is 4.42 Å². The molecule has 162 valence electrons. The molecule has 1 saturated carbocycles. The number of rotatable bonds is 7. The van der Waals surface area contributed by atoms with Gasteiger partial charge in [0.2, 0.25) is 11.0 Å². The number of carbonyl (C=O) groups excluding carboxylic acids is 2. The fourth-order valence-corrected chi connectivity index (χ4v) is 4.80. The summed E-state index contributed by atoms with van der Waals surface area (Å²) in [6.07, 6.45) is 7.00. The number of anilines is 1. The number of carbonyl (C=O) groups is 2. The van der Waals surface area contributed by atoms with Crippen LogP contribution in [-0.4, -0.2) is 39.5 Å². The van der Waals surface area contributed by atoms with Crippen molar-refractivity contribution in [3.8, 4) is 10.6 Å². The Hall–Kier alpha value is -2.52. The van der Waals surface area contributed by atoms with E-state index in [1.807, 2.05) is 24.3 Å². The molecule has 2 aromatic heterocycles. The lowest BCUT2D eigenvalue weighted by Crippen LogP contribution is -2.42. The highest BCUT2D eigenvalue weighted by Gasteiger charge is 2.28. The van der Waals surface area contributed by atoms with Crippen molar-refractivity contribution in [2.45, 2.75) is 44.6 Å². The average molecular weight is 503 g/mol. The van der Waals surface area contributed by atoms with Crippen molar-refractivity contribution in [3.05, 3.63) is 52.9 Å². The minimum Gasteiger partial charge on any atom is -0.459 e. The Bertz CT molecular complexity index is 1010. The second-order valence-corrected chi connectivity index (χ2v) is 9.38. The van der Waals surface area contributed by atoms with Gasteiger partial charge in [-0.1, -0.05) is 58.7 Å². The molecule has 0 saturated heterocycles. The summed E-state index contributed by atoms with van der Waals surface area (Å²) in [5.41, 5.74) is 0.939. The van der Waals surface area contributed by atoms with Crippen LogP contribution < -0.4 is 5.32 Å². The first-order chi connectivity index (χ1) is 15.1. The molecule has 31 heavy (non-hydrogen) atoms. The van der Waals surface area contributed by atoms with E-state index in [0.717, 1.165) is 40.7 Å². The van der Waals surface area contributed by atoms with Crippen LogP contribution >= 0.6 is 27.3 Å². The van der Waals surface area contributed by atoms with Gasteiger partial charge in [0.05, 0.1) is 6.26 Å². The van der Waals surface area contributed by atoms with Gasteiger partial charge < -0.3 is 14.6 Å². The van der Waals surface area contributed by atoms with E-state index in [-0.39, 0.29) is 24.3 Å². The third kappa shape index (κ3) is 5.59. The SMILES string of the molecule is O=C(CCN(C(=O)c1ccco1)C1CCCCC1)Nc1nnc(-c2ccc(Br)cc2)s1. The molecule has 1 fully saturated rings. The maximum Gasteiger partial charge on any atom is 0.289 e. The first kappa shape index (κ1) is 21.7. The summed E-state index contributed by atoms with van der Waals surface area (Å²) in [7, 11) is 0. The van der Waals surface area contributed by atoms with Crippen LogP contribution in [0, 0.1) is 0 Å². The molecule has 2 heterocycles. The Labute approximate surface area is 193 Å². The second-order valence-electron chi connectivity index (χ2n) is 7.49. The predicted molar refractivity (Wildman–Crippen MR) is 123 cm³/mol. The molecule has 3 aromatic rings. The molecule has 7 nitrogen and oxygen atoms in total. The number of nitrogens with one attached hydrogen (secondary N) is 1. The molecule has 9 heteroatoms. The fourth-order valence-electron chi connectivity index (χ4n) is 3.77. The molecule has 1 aromatic carbocycles. The maximum atomic E-state index is 12.9. The lowest BCUT2D eigenvalue weighted by molar-refractivity contribution is -0.116. The highest BCUT2D eigenvalue weighted by Crippen LogP contribution is 2.28. The van der Waals surface area contributed by atoms with Gasteiger partial charge in [-0.15, -0.1) is 10.2 Å². The van der Waals surface area contributed by atoms with Gasteiger partial charge in [-0.25, -0.2) is 0 Å². The highest BCUT2D eigenvalue weighted by molar-refractivity contribution is 9.10. The summed E-state index contributed by atoms with van der Waals surface area (Å²) in [5, 5.41) is 12.2. The molecular weight excluding hydrogens is 480 g/mol. The number of aromatic nitrogens is 2. The first-order valence-electron chi connectivity index (χ1n) is 10.3. The number of hydrogen-bond donors (Lipinski definition) is 1. The van der Waals surface area contributed by atoms with Crippen LogP contribution in [0.15, 0.2) is 51.6 Å². The van der Waals surface area contributed by atoms with Crippen LogP contribution in [0.25, 0.3) is 10.6 Å². The Morgan fingerprint density at radius 2 is 1.90 bits per heavy atom. The van der Waals surface area contributed by atoms with E-state index in [9.17, 15) is 9.59 Å². The van der Waals surface area contributed by atoms with Gasteiger partial charge >= 0.3 is 0 Å². The molecule has 1 aliphatic rings. The van der Waals surface area contributed by atoms with Crippen molar-refractivity contribution >= 4 is 44.2 Å². The normalized spacial score (nSPS) is 14.4. The topological polar surface area (TPSA) is 88.3 Å². The highest BCUT2D eigenvalue weighted by atomic mass is 79.9. The standard InChI is InChI=1S/C22H23BrN4O3S/c23-16-10-8-15(9-11-16)20-25-26-22(31-20)24-19(28)12-13-27(17-5-2-1-3-6-17)21(29)18-7-4-14-30-18/h4,7-11,14,17H,1-3,5-6,12-13H2,(H,24,26,28). The van der Waals surface area contributed by atoms with E-state index >= 15 is 0 Å². The second kappa shape index (κ2) is 10.2. The van der Waals surface area contributed by atoms with Gasteiger partial charge in [0.15, 0.2) is 5.76 Å². The molecule has 1 N–H and O–H groups in total. The fraction of sp³-hybridized carbons (Fsp3) is 0.364. The van der Waals surface area contributed by atoms with E-state index in [2.05, 4.69) is 31.4 Å². The van der Waals surface area contributed by atoms with Crippen LogP contribution in [0.5, 0.6) is 0 Å². The molecule has 0 bridgehead atoms. The van der Waals surface area contributed by atoms with Gasteiger partial charge in [-0.2, -0.15) is 0 Å². The van der Waals surface area contributed by atoms with Gasteiger partial charge in [0.1, 0.15) is 5.01 Å². The summed E-state index contributed by atoms with van der Waals surface area (Å²) in [5.74, 6) is -0.0288. The Balaban J connectivity index is 1.37. The van der Waals surface area contributed by atoms with E-state index < -0.39 is 0 Å². The van der Waals surface area contributed by atoms with Crippen molar-refractivity contribution in [1.29, 1.82) is 0 Å². The molecule has 0 unspecified atom stereocenters. The van der Waals surface area contributed by atoms with Crippen LogP contribution in [0.4, 0.5) is 5.13 Å². The number of furan rings is 1. The molecular formula is C22H23BrN4O3S. The van der Waals surface area contributed by atoms with E-state index in [0.29, 0.717) is 17.4 Å². The monoisotopic (exact) mass is 502 g/mol. The lowest BCUT2D eigenvalue weighted by Gasteiger charge is -2.33. The Morgan fingerprint density at radius 3 is 2.61 bits per heavy atom. The van der Waals surface area contributed by atoms with Crippen molar-refractivity contribution in [2.75, 3.05) is 11.9 Å². The average Bonchev–Trinajstić information content (AvgIpc) is 3.48. The largest absolute Gasteiger partial charge is 0.459 e. The number of halogens is 1. The third-order valence-electron chi connectivity index (χ3n) is 5.35. The summed E-state index contributed by atoms with van der Waals surface area (Å²) in [4.78, 5) is 27.3. The zero-order valence-electron chi connectivity index (χ0n) is 16.9. The van der Waals surface area contributed by atoms with Crippen LogP contribution in [0.1, 0.15) is 49.1 Å². The zero-order chi connectivity index (χ0) is 21.6. The summed E-state index contributed by atoms with van der Waals surface area (Å²) >= 11 is 4.73. The molecule has 0 atom stereocenters. The summed E-state index contributed by atoms with van der Waals surface area (Å²) in [6.45, 7) is 0.342. The predicted octanol–water partition coefficient (Wildman–Crippen LogP) is 5.36. The van der Waals surface area contributed by atoms with Gasteiger partial charge in [0, 0.05) is 29.0 Å². The van der Waals surface area contributed by atoms with Crippen molar-refractivity contribution < 1.29 is 14.0 Å². The Kier molecular flexibility index (Phi) is 7.14. The molecule has 0 aliphatic heterocycles. The quantitative estimate of drug-likeness (QED) is 0.469. The molecule has 4 rings (SSSR count). The van der Waals surface area contributed by atoms with Crippen molar-refractivity contribution in [2.24, 2.45) is 0 Å². The zero-order valence-corrected chi connectivity index (χ0v) is 19.3. The summed E-state index contributed by atoms with van der Waals surface area (Å²) < 4.78 is 6.30. The number of nitrogens with zero attached hydrogens (tertiary/aromatic N) is 3. The first-order valence-corrected chi connectivity index (χ1v) is 11.9. The minimum absolute atomic E-state index is 0.143. The van der Waals surface area contributed by atoms with Gasteiger partial charge in [-0.05, 0) is 37.1 Å². The molecule has 0 radical (unpaired) electrons. The van der Waals surface area contributed by atoms with Crippen LogP contribution in [-0.2, 0) is 4.79 Å². The smallest absolute Gasteiger partial charge is 0.289 e. The summed E-state index contributed by atoms with van der Waals surface area (Å²) in [6, 6.07) is 11.3. The van der Waals surface area contributed by atoms with Crippen LogP contribution in [0.2, 0.25) is 0 Å². The third-order valence-corrected chi connectivity index (χ3v) is 6.77. The van der Waals surface area contributed by atoms with Gasteiger partial charge in [-0.3, -0.25) is 9.59 Å². The van der Waals surface area contributed by atoms with Crippen LogP contribution in [0.3, 0.4) is 0 Å². The minimum atomic E-state index is -0.188. The molecule has 1 aliphatic carbocycles.